The second kappa shape index (κ2) is 5.92. The highest BCUT2D eigenvalue weighted by Crippen LogP contribution is 2.33. The molecule has 1 unspecified atom stereocenters. The first kappa shape index (κ1) is 14.3. The highest BCUT2D eigenvalue weighted by Gasteiger charge is 2.34. The van der Waals surface area contributed by atoms with Crippen LogP contribution in [0.3, 0.4) is 0 Å². The van der Waals surface area contributed by atoms with Gasteiger partial charge in [0.25, 0.3) is 0 Å². The molecule has 0 radical (unpaired) electrons. The summed E-state index contributed by atoms with van der Waals surface area (Å²) in [6, 6.07) is 5.32. The largest absolute Gasteiger partial charge is 0.416 e. The molecule has 0 aromatic heterocycles. The van der Waals surface area contributed by atoms with E-state index in [0.29, 0.717) is 12.6 Å². The fourth-order valence-corrected chi connectivity index (χ4v) is 2.61. The van der Waals surface area contributed by atoms with Gasteiger partial charge in [-0.25, -0.2) is 0 Å². The molecule has 1 aliphatic carbocycles. The maximum Gasteiger partial charge on any atom is 0.416 e. The Labute approximate surface area is 111 Å². The standard InChI is InChI=1S/C14H19F3N2/c15-14(16,17)12-8-4-3-7-11(12)13(18)9-19-10-5-1-2-6-10/h3-4,7-8,10,13,19H,1-2,5-6,9,18H2. The fraction of sp³-hybridized carbons (Fsp3) is 0.571. The minimum Gasteiger partial charge on any atom is -0.323 e. The molecule has 0 heterocycles. The van der Waals surface area contributed by atoms with Gasteiger partial charge in [0.05, 0.1) is 5.56 Å². The minimum absolute atomic E-state index is 0.167. The molecule has 2 nitrogen and oxygen atoms in total. The second-order valence-corrected chi connectivity index (χ2v) is 5.08. The molecular weight excluding hydrogens is 253 g/mol. The van der Waals surface area contributed by atoms with Gasteiger partial charge in [-0.3, -0.25) is 0 Å². The van der Waals surface area contributed by atoms with Crippen molar-refractivity contribution in [2.75, 3.05) is 6.54 Å². The topological polar surface area (TPSA) is 38.0 Å². The first-order valence-electron chi connectivity index (χ1n) is 6.63. The van der Waals surface area contributed by atoms with Crippen LogP contribution in [0.2, 0.25) is 0 Å². The normalized spacial score (nSPS) is 18.7. The second-order valence-electron chi connectivity index (χ2n) is 5.08. The predicted octanol–water partition coefficient (Wildman–Crippen LogP) is 3.24. The van der Waals surface area contributed by atoms with Crippen molar-refractivity contribution >= 4 is 0 Å². The summed E-state index contributed by atoms with van der Waals surface area (Å²) in [6.07, 6.45) is 0.209. The molecule has 3 N–H and O–H groups in total. The number of alkyl halides is 3. The van der Waals surface area contributed by atoms with Crippen molar-refractivity contribution < 1.29 is 13.2 Å². The van der Waals surface area contributed by atoms with Crippen molar-refractivity contribution in [3.8, 4) is 0 Å². The van der Waals surface area contributed by atoms with Crippen molar-refractivity contribution in [2.45, 2.75) is 43.9 Å². The van der Waals surface area contributed by atoms with Crippen LogP contribution in [-0.4, -0.2) is 12.6 Å². The Morgan fingerprint density at radius 2 is 1.84 bits per heavy atom. The number of rotatable bonds is 4. The quantitative estimate of drug-likeness (QED) is 0.883. The van der Waals surface area contributed by atoms with Crippen LogP contribution in [0.1, 0.15) is 42.9 Å². The van der Waals surface area contributed by atoms with Gasteiger partial charge in [0, 0.05) is 18.6 Å². The molecule has 0 amide bonds. The average molecular weight is 272 g/mol. The van der Waals surface area contributed by atoms with Gasteiger partial charge >= 0.3 is 6.18 Å². The van der Waals surface area contributed by atoms with E-state index in [1.165, 1.54) is 25.0 Å². The zero-order chi connectivity index (χ0) is 13.9. The molecule has 1 saturated carbocycles. The van der Waals surface area contributed by atoms with Gasteiger partial charge in [-0.2, -0.15) is 13.2 Å². The SMILES string of the molecule is NC(CNC1CCCC1)c1ccccc1C(F)(F)F. The molecule has 1 aromatic carbocycles. The van der Waals surface area contributed by atoms with Crippen molar-refractivity contribution in [2.24, 2.45) is 5.73 Å². The third-order valence-electron chi connectivity index (χ3n) is 3.65. The van der Waals surface area contributed by atoms with Crippen LogP contribution in [0.5, 0.6) is 0 Å². The van der Waals surface area contributed by atoms with E-state index < -0.39 is 17.8 Å². The van der Waals surface area contributed by atoms with E-state index in [0.717, 1.165) is 18.9 Å². The molecule has 0 spiro atoms. The highest BCUT2D eigenvalue weighted by molar-refractivity contribution is 5.32. The molecule has 1 fully saturated rings. The highest BCUT2D eigenvalue weighted by atomic mass is 19.4. The molecule has 1 aromatic rings. The number of hydrogen-bond acceptors (Lipinski definition) is 2. The van der Waals surface area contributed by atoms with Crippen LogP contribution in [0, 0.1) is 0 Å². The number of halogens is 3. The number of hydrogen-bond donors (Lipinski definition) is 2. The Kier molecular flexibility index (Phi) is 4.47. The first-order valence-corrected chi connectivity index (χ1v) is 6.63. The minimum atomic E-state index is -4.35. The summed E-state index contributed by atoms with van der Waals surface area (Å²) in [5, 5.41) is 3.27. The Balaban J connectivity index is 2.03. The summed E-state index contributed by atoms with van der Waals surface area (Å²) in [6.45, 7) is 0.387. The number of benzene rings is 1. The lowest BCUT2D eigenvalue weighted by atomic mass is 10.00. The number of nitrogens with two attached hydrogens (primary N) is 1. The van der Waals surface area contributed by atoms with E-state index in [4.69, 9.17) is 5.73 Å². The van der Waals surface area contributed by atoms with Crippen LogP contribution in [0.4, 0.5) is 13.2 Å². The maximum absolute atomic E-state index is 12.9. The monoisotopic (exact) mass is 272 g/mol. The Hall–Kier alpha value is -1.07. The van der Waals surface area contributed by atoms with E-state index in [-0.39, 0.29) is 5.56 Å². The van der Waals surface area contributed by atoms with Crippen molar-refractivity contribution in [3.63, 3.8) is 0 Å². The molecule has 5 heteroatoms. The van der Waals surface area contributed by atoms with E-state index in [1.807, 2.05) is 0 Å². The molecular formula is C14H19F3N2. The predicted molar refractivity (Wildman–Crippen MR) is 68.6 cm³/mol. The lowest BCUT2D eigenvalue weighted by molar-refractivity contribution is -0.138. The molecule has 19 heavy (non-hydrogen) atoms. The van der Waals surface area contributed by atoms with E-state index in [1.54, 1.807) is 6.07 Å². The van der Waals surface area contributed by atoms with Crippen molar-refractivity contribution in [1.29, 1.82) is 0 Å². The third kappa shape index (κ3) is 3.70. The Morgan fingerprint density at radius 1 is 1.21 bits per heavy atom. The smallest absolute Gasteiger partial charge is 0.323 e. The molecule has 2 rings (SSSR count). The summed E-state index contributed by atoms with van der Waals surface area (Å²) in [5.74, 6) is 0. The van der Waals surface area contributed by atoms with Crippen molar-refractivity contribution in [3.05, 3.63) is 35.4 Å². The molecule has 1 atom stereocenters. The van der Waals surface area contributed by atoms with Gasteiger partial charge in [0.15, 0.2) is 0 Å². The molecule has 106 valence electrons. The van der Waals surface area contributed by atoms with Crippen molar-refractivity contribution in [1.82, 2.24) is 5.32 Å². The zero-order valence-corrected chi connectivity index (χ0v) is 10.7. The van der Waals surface area contributed by atoms with Gasteiger partial charge in [0.1, 0.15) is 0 Å². The fourth-order valence-electron chi connectivity index (χ4n) is 2.61. The first-order chi connectivity index (χ1) is 8.98. The van der Waals surface area contributed by atoms with E-state index in [2.05, 4.69) is 5.32 Å². The van der Waals surface area contributed by atoms with Gasteiger partial charge in [0.2, 0.25) is 0 Å². The number of nitrogens with one attached hydrogen (secondary N) is 1. The lowest BCUT2D eigenvalue weighted by Crippen LogP contribution is -2.34. The van der Waals surface area contributed by atoms with Crippen LogP contribution in [-0.2, 0) is 6.18 Å². The van der Waals surface area contributed by atoms with Crippen LogP contribution < -0.4 is 11.1 Å². The Morgan fingerprint density at radius 3 is 2.47 bits per heavy atom. The maximum atomic E-state index is 12.9. The van der Waals surface area contributed by atoms with Crippen LogP contribution in [0.15, 0.2) is 24.3 Å². The summed E-state index contributed by atoms with van der Waals surface area (Å²) in [4.78, 5) is 0. The lowest BCUT2D eigenvalue weighted by Gasteiger charge is -2.20. The molecule has 0 aliphatic heterocycles. The van der Waals surface area contributed by atoms with Gasteiger partial charge in [-0.05, 0) is 24.5 Å². The average Bonchev–Trinajstić information content (AvgIpc) is 2.88. The molecule has 0 saturated heterocycles. The van der Waals surface area contributed by atoms with Gasteiger partial charge in [-0.1, -0.05) is 31.0 Å². The molecule has 1 aliphatic rings. The molecule has 0 bridgehead atoms. The summed E-state index contributed by atoms with van der Waals surface area (Å²) < 4.78 is 38.6. The van der Waals surface area contributed by atoms with E-state index >= 15 is 0 Å². The summed E-state index contributed by atoms with van der Waals surface area (Å²) in [7, 11) is 0. The summed E-state index contributed by atoms with van der Waals surface area (Å²) >= 11 is 0. The van der Waals surface area contributed by atoms with E-state index in [9.17, 15) is 13.2 Å². The van der Waals surface area contributed by atoms with Gasteiger partial charge < -0.3 is 11.1 Å². The van der Waals surface area contributed by atoms with Crippen LogP contribution in [0.25, 0.3) is 0 Å². The third-order valence-corrected chi connectivity index (χ3v) is 3.65. The zero-order valence-electron chi connectivity index (χ0n) is 10.7. The van der Waals surface area contributed by atoms with Gasteiger partial charge in [-0.15, -0.1) is 0 Å². The summed E-state index contributed by atoms with van der Waals surface area (Å²) in [5.41, 5.74) is 5.45. The van der Waals surface area contributed by atoms with Crippen LogP contribution >= 0.6 is 0 Å². The Bertz CT molecular complexity index is 411.